The Morgan fingerprint density at radius 3 is 2.38 bits per heavy atom. The number of fused-ring (bicyclic) bond motifs is 2. The molecule has 2 saturated carbocycles. The van der Waals surface area contributed by atoms with E-state index < -0.39 is 25.8 Å². The van der Waals surface area contributed by atoms with Gasteiger partial charge in [0.2, 0.25) is 0 Å². The fraction of sp³-hybridized carbons (Fsp3) is 0.895. The van der Waals surface area contributed by atoms with Crippen molar-refractivity contribution in [2.45, 2.75) is 65.7 Å². The average Bonchev–Trinajstić information content (AvgIpc) is 2.88. The molecule has 26 heavy (non-hydrogen) atoms. The van der Waals surface area contributed by atoms with E-state index in [1.165, 1.54) is 0 Å². The predicted molar refractivity (Wildman–Crippen MR) is 105 cm³/mol. The molecule has 0 amide bonds. The van der Waals surface area contributed by atoms with E-state index in [4.69, 9.17) is 3.63 Å². The molecule has 2 unspecified atom stereocenters. The van der Waals surface area contributed by atoms with Crippen LogP contribution in [0.4, 0.5) is 0 Å². The van der Waals surface area contributed by atoms with Gasteiger partial charge in [0.15, 0.2) is 0 Å². The summed E-state index contributed by atoms with van der Waals surface area (Å²) in [5.74, 6) is 1.85. The molecule has 150 valence electrons. The molecule has 5 nitrogen and oxygen atoms in total. The molecule has 0 aromatic carbocycles. The Hall–Kier alpha value is -0.400. The molecule has 0 radical (unpaired) electrons. The second-order valence-corrected chi connectivity index (χ2v) is 13.9. The first-order valence-corrected chi connectivity index (χ1v) is 13.5. The van der Waals surface area contributed by atoms with Gasteiger partial charge >= 0.3 is 0 Å². The molecule has 2 bridgehead atoms. The van der Waals surface area contributed by atoms with E-state index in [1.807, 2.05) is 20.8 Å². The number of hydrogen-bond acceptors (Lipinski definition) is 5. The van der Waals surface area contributed by atoms with Crippen LogP contribution in [0.1, 0.15) is 65.7 Å². The summed E-state index contributed by atoms with van der Waals surface area (Å²) in [4.78, 5) is 24.8. The minimum Gasteiger partial charge on any atom is -0.299 e. The van der Waals surface area contributed by atoms with Crippen molar-refractivity contribution in [3.8, 4) is 0 Å². The van der Waals surface area contributed by atoms with Gasteiger partial charge in [0, 0.05) is 24.3 Å². The SMILES string of the molecule is CCC(=O)CS1(OS(=O)(=O)CC23CCC(CC2=O)C3(C)C)CCCCC1. The van der Waals surface area contributed by atoms with Gasteiger partial charge in [-0.05, 0) is 37.0 Å². The number of carbonyl (C=O) groups is 2. The fourth-order valence-electron chi connectivity index (χ4n) is 5.29. The number of rotatable bonds is 7. The van der Waals surface area contributed by atoms with Crippen molar-refractivity contribution in [3.05, 3.63) is 0 Å². The van der Waals surface area contributed by atoms with Gasteiger partial charge in [-0.3, -0.25) is 9.59 Å². The summed E-state index contributed by atoms with van der Waals surface area (Å²) < 4.78 is 32.0. The highest BCUT2D eigenvalue weighted by Crippen LogP contribution is 2.65. The Kier molecular flexibility index (Phi) is 5.39. The summed E-state index contributed by atoms with van der Waals surface area (Å²) in [5.41, 5.74) is -1.10. The second-order valence-electron chi connectivity index (χ2n) is 8.91. The van der Waals surface area contributed by atoms with Crippen LogP contribution in [0.25, 0.3) is 0 Å². The standard InChI is InChI=1S/C19H32O5S2/c1-4-16(20)13-25(10-6-5-7-11-25)24-26(22,23)14-19-9-8-15(12-17(19)21)18(19,2)3/h15H,4-14H2,1-3H3. The molecular formula is C19H32O5S2. The van der Waals surface area contributed by atoms with Gasteiger partial charge in [-0.25, -0.2) is 3.63 Å². The van der Waals surface area contributed by atoms with Crippen molar-refractivity contribution in [1.82, 2.24) is 0 Å². The van der Waals surface area contributed by atoms with Gasteiger partial charge in [-0.2, -0.15) is 8.42 Å². The summed E-state index contributed by atoms with van der Waals surface area (Å²) in [6.45, 7) is 5.88. The van der Waals surface area contributed by atoms with Crippen molar-refractivity contribution in [2.24, 2.45) is 16.7 Å². The number of Topliss-reactive ketones (excluding diaryl/α,β-unsaturated/α-hetero) is 2. The van der Waals surface area contributed by atoms with Crippen LogP contribution >= 0.6 is 10.3 Å². The van der Waals surface area contributed by atoms with Crippen molar-refractivity contribution >= 4 is 32.0 Å². The van der Waals surface area contributed by atoms with E-state index in [2.05, 4.69) is 0 Å². The quantitative estimate of drug-likeness (QED) is 0.648. The zero-order valence-electron chi connectivity index (χ0n) is 16.2. The molecule has 0 spiro atoms. The first kappa shape index (κ1) is 20.3. The van der Waals surface area contributed by atoms with Crippen molar-refractivity contribution in [1.29, 1.82) is 0 Å². The molecule has 2 atom stereocenters. The number of ketones is 2. The minimum absolute atomic E-state index is 0.0773. The highest BCUT2D eigenvalue weighted by molar-refractivity contribution is 8.33. The summed E-state index contributed by atoms with van der Waals surface area (Å²) >= 11 is 0. The number of carbonyl (C=O) groups excluding carboxylic acids is 2. The molecular weight excluding hydrogens is 372 g/mol. The van der Waals surface area contributed by atoms with Gasteiger partial charge in [-0.15, -0.1) is 10.3 Å². The topological polar surface area (TPSA) is 77.5 Å². The van der Waals surface area contributed by atoms with Crippen LogP contribution in [0, 0.1) is 16.7 Å². The second kappa shape index (κ2) is 6.89. The largest absolute Gasteiger partial charge is 0.299 e. The van der Waals surface area contributed by atoms with Gasteiger partial charge in [0.25, 0.3) is 10.1 Å². The van der Waals surface area contributed by atoms with Crippen molar-refractivity contribution in [3.63, 3.8) is 0 Å². The molecule has 0 aromatic heterocycles. The zero-order chi connectivity index (χ0) is 19.2. The van der Waals surface area contributed by atoms with E-state index in [0.29, 0.717) is 30.8 Å². The summed E-state index contributed by atoms with van der Waals surface area (Å²) in [6.07, 6.45) is 5.36. The first-order chi connectivity index (χ1) is 12.1. The lowest BCUT2D eigenvalue weighted by Gasteiger charge is -2.42. The molecule has 1 saturated heterocycles. The molecule has 1 heterocycles. The average molecular weight is 405 g/mol. The van der Waals surface area contributed by atoms with Crippen LogP contribution in [-0.2, 0) is 23.3 Å². The van der Waals surface area contributed by atoms with Crippen LogP contribution in [0.5, 0.6) is 0 Å². The molecule has 3 rings (SSSR count). The Labute approximate surface area is 159 Å². The summed E-state index contributed by atoms with van der Waals surface area (Å²) in [6, 6.07) is 0. The van der Waals surface area contributed by atoms with E-state index in [1.54, 1.807) is 0 Å². The van der Waals surface area contributed by atoms with E-state index in [9.17, 15) is 18.0 Å². The highest BCUT2D eigenvalue weighted by atomic mass is 32.3. The van der Waals surface area contributed by atoms with Gasteiger partial charge in [-0.1, -0.05) is 27.2 Å². The Bertz CT molecular complexity index is 691. The lowest BCUT2D eigenvalue weighted by molar-refractivity contribution is -0.128. The third kappa shape index (κ3) is 3.39. The van der Waals surface area contributed by atoms with E-state index >= 15 is 0 Å². The normalized spacial score (nSPS) is 34.0. The molecule has 7 heteroatoms. The van der Waals surface area contributed by atoms with Crippen molar-refractivity contribution < 1.29 is 21.6 Å². The molecule has 0 N–H and O–H groups in total. The van der Waals surface area contributed by atoms with Crippen molar-refractivity contribution in [2.75, 3.05) is 23.0 Å². The molecule has 3 fully saturated rings. The molecule has 3 aliphatic rings. The Balaban J connectivity index is 1.83. The monoisotopic (exact) mass is 404 g/mol. The smallest absolute Gasteiger partial charge is 0.277 e. The fourth-order valence-corrected chi connectivity index (χ4v) is 12.0. The first-order valence-electron chi connectivity index (χ1n) is 9.81. The number of hydrogen-bond donors (Lipinski definition) is 0. The molecule has 0 aromatic rings. The van der Waals surface area contributed by atoms with Crippen LogP contribution in [-0.4, -0.2) is 43.0 Å². The van der Waals surface area contributed by atoms with Crippen LogP contribution in [0.3, 0.4) is 0 Å². The lowest BCUT2D eigenvalue weighted by atomic mass is 9.70. The van der Waals surface area contributed by atoms with E-state index in [-0.39, 0.29) is 34.4 Å². The third-order valence-electron chi connectivity index (χ3n) is 7.16. The van der Waals surface area contributed by atoms with Crippen LogP contribution in [0.2, 0.25) is 0 Å². The minimum atomic E-state index is -3.86. The zero-order valence-corrected chi connectivity index (χ0v) is 17.8. The highest BCUT2D eigenvalue weighted by Gasteiger charge is 2.65. The predicted octanol–water partition coefficient (Wildman–Crippen LogP) is 3.61. The van der Waals surface area contributed by atoms with Crippen LogP contribution in [0.15, 0.2) is 0 Å². The third-order valence-corrected chi connectivity index (χ3v) is 12.9. The maximum atomic E-state index is 13.1. The summed E-state index contributed by atoms with van der Waals surface area (Å²) in [7, 11) is -5.79. The maximum Gasteiger partial charge on any atom is 0.277 e. The van der Waals surface area contributed by atoms with Crippen LogP contribution < -0.4 is 0 Å². The summed E-state index contributed by atoms with van der Waals surface area (Å²) in [5, 5.41) is 0. The van der Waals surface area contributed by atoms with Gasteiger partial charge < -0.3 is 0 Å². The van der Waals surface area contributed by atoms with Gasteiger partial charge in [0.05, 0.1) is 16.9 Å². The lowest BCUT2D eigenvalue weighted by Crippen LogP contribution is -2.43. The molecule has 2 aliphatic carbocycles. The maximum absolute atomic E-state index is 13.1. The van der Waals surface area contributed by atoms with E-state index in [0.717, 1.165) is 25.7 Å². The Morgan fingerprint density at radius 2 is 1.88 bits per heavy atom. The van der Waals surface area contributed by atoms with Gasteiger partial charge in [0.1, 0.15) is 11.6 Å². The molecule has 1 aliphatic heterocycles. The Morgan fingerprint density at radius 1 is 1.23 bits per heavy atom.